The molecular formula is C22H24Cl3N3O4. The minimum Gasteiger partial charge on any atom is -0.493 e. The van der Waals surface area contributed by atoms with Crippen molar-refractivity contribution in [2.45, 2.75) is 19.4 Å². The zero-order chi connectivity index (χ0) is 23.7. The molecule has 0 saturated heterocycles. The monoisotopic (exact) mass is 499 g/mol. The predicted octanol–water partition coefficient (Wildman–Crippen LogP) is 4.88. The molecule has 0 saturated carbocycles. The van der Waals surface area contributed by atoms with E-state index in [9.17, 15) is 9.90 Å². The van der Waals surface area contributed by atoms with Crippen molar-refractivity contribution in [1.29, 1.82) is 0 Å². The van der Waals surface area contributed by atoms with Crippen LogP contribution >= 0.6 is 34.8 Å². The Balaban J connectivity index is 0.000000229. The fraction of sp³-hybridized carbons (Fsp3) is 0.273. The first-order valence-electron chi connectivity index (χ1n) is 9.57. The van der Waals surface area contributed by atoms with E-state index in [1.165, 1.54) is 10.9 Å². The van der Waals surface area contributed by atoms with Crippen LogP contribution in [-0.2, 0) is 11.2 Å². The van der Waals surface area contributed by atoms with Gasteiger partial charge in [-0.3, -0.25) is 4.79 Å². The van der Waals surface area contributed by atoms with Crippen molar-refractivity contribution in [3.8, 4) is 17.2 Å². The average molecular weight is 501 g/mol. The van der Waals surface area contributed by atoms with Gasteiger partial charge in [0.15, 0.2) is 11.5 Å². The number of nitrogens with one attached hydrogen (secondary N) is 1. The highest BCUT2D eigenvalue weighted by atomic mass is 35.5. The van der Waals surface area contributed by atoms with Crippen molar-refractivity contribution in [2.75, 3.05) is 20.8 Å². The van der Waals surface area contributed by atoms with Gasteiger partial charge in [-0.1, -0.05) is 40.9 Å². The van der Waals surface area contributed by atoms with Gasteiger partial charge in [0.2, 0.25) is 6.41 Å². The van der Waals surface area contributed by atoms with Gasteiger partial charge < -0.3 is 19.9 Å². The predicted molar refractivity (Wildman–Crippen MR) is 127 cm³/mol. The lowest BCUT2D eigenvalue weighted by molar-refractivity contribution is -0.109. The molecule has 0 fully saturated rings. The molecule has 1 amide bonds. The Labute approximate surface area is 201 Å². The lowest BCUT2D eigenvalue weighted by Crippen LogP contribution is -2.14. The maximum Gasteiger partial charge on any atom is 0.207 e. The highest BCUT2D eigenvalue weighted by Crippen LogP contribution is 2.29. The summed E-state index contributed by atoms with van der Waals surface area (Å²) in [7, 11) is 3.21. The van der Waals surface area contributed by atoms with E-state index < -0.39 is 6.10 Å². The third kappa shape index (κ3) is 6.77. The van der Waals surface area contributed by atoms with Crippen LogP contribution in [0.3, 0.4) is 0 Å². The Bertz CT molecular complexity index is 1040. The van der Waals surface area contributed by atoms with Gasteiger partial charge in [0.25, 0.3) is 0 Å². The number of aromatic nitrogens is 2. The number of aliphatic hydroxyl groups excluding tert-OH is 1. The number of methoxy groups -OCH3 is 2. The van der Waals surface area contributed by atoms with Gasteiger partial charge >= 0.3 is 0 Å². The van der Waals surface area contributed by atoms with Crippen molar-refractivity contribution in [3.63, 3.8) is 0 Å². The Morgan fingerprint density at radius 1 is 1.09 bits per heavy atom. The summed E-state index contributed by atoms with van der Waals surface area (Å²) in [4.78, 5) is 10.1. The van der Waals surface area contributed by atoms with Crippen LogP contribution in [0.4, 0.5) is 0 Å². The number of aliphatic hydroxyl groups is 1. The molecule has 3 aromatic rings. The van der Waals surface area contributed by atoms with Gasteiger partial charge in [0, 0.05) is 12.1 Å². The molecule has 0 aliphatic heterocycles. The van der Waals surface area contributed by atoms with E-state index in [0.29, 0.717) is 50.9 Å². The number of halogens is 3. The van der Waals surface area contributed by atoms with Crippen LogP contribution in [0.25, 0.3) is 5.69 Å². The Hall–Kier alpha value is -2.45. The lowest BCUT2D eigenvalue weighted by Gasteiger charge is -2.09. The van der Waals surface area contributed by atoms with Gasteiger partial charge in [0.1, 0.15) is 5.15 Å². The van der Waals surface area contributed by atoms with E-state index in [-0.39, 0.29) is 0 Å². The molecule has 2 N–H and O–H groups in total. The molecule has 7 nitrogen and oxygen atoms in total. The van der Waals surface area contributed by atoms with Gasteiger partial charge in [-0.25, -0.2) is 4.68 Å². The van der Waals surface area contributed by atoms with Crippen LogP contribution in [0.1, 0.15) is 24.2 Å². The molecule has 1 aromatic heterocycles. The molecule has 0 aliphatic rings. The summed E-state index contributed by atoms with van der Waals surface area (Å²) in [5.41, 5.74) is 2.36. The van der Waals surface area contributed by atoms with Crippen molar-refractivity contribution in [2.24, 2.45) is 0 Å². The molecule has 0 aliphatic carbocycles. The summed E-state index contributed by atoms with van der Waals surface area (Å²) in [6.07, 6.45) is 2.33. The SMILES string of the molecule is CC(O)c1cnn(-c2ccc(Cl)c(Cl)c2)c1Cl.COc1ccc(CCNC=O)cc1OC. The van der Waals surface area contributed by atoms with Gasteiger partial charge in [0.05, 0.1) is 42.3 Å². The molecule has 10 heteroatoms. The van der Waals surface area contributed by atoms with Crippen molar-refractivity contribution in [1.82, 2.24) is 15.1 Å². The second-order valence-electron chi connectivity index (χ2n) is 6.59. The van der Waals surface area contributed by atoms with E-state index in [1.807, 2.05) is 18.2 Å². The van der Waals surface area contributed by atoms with E-state index >= 15 is 0 Å². The topological polar surface area (TPSA) is 85.6 Å². The molecule has 0 spiro atoms. The summed E-state index contributed by atoms with van der Waals surface area (Å²) < 4.78 is 11.8. The average Bonchev–Trinajstić information content (AvgIpc) is 3.17. The largest absolute Gasteiger partial charge is 0.493 e. The van der Waals surface area contributed by atoms with Crippen molar-refractivity contribution < 1.29 is 19.4 Å². The molecule has 172 valence electrons. The van der Waals surface area contributed by atoms with E-state index in [1.54, 1.807) is 39.3 Å². The number of hydrogen-bond donors (Lipinski definition) is 2. The Morgan fingerprint density at radius 2 is 1.81 bits per heavy atom. The Morgan fingerprint density at radius 3 is 2.38 bits per heavy atom. The number of ether oxygens (including phenoxy) is 2. The fourth-order valence-corrected chi connectivity index (χ4v) is 3.38. The van der Waals surface area contributed by atoms with E-state index in [2.05, 4.69) is 10.4 Å². The quantitative estimate of drug-likeness (QED) is 0.340. The van der Waals surface area contributed by atoms with Crippen LogP contribution in [0.5, 0.6) is 11.5 Å². The number of amides is 1. The third-order valence-electron chi connectivity index (χ3n) is 4.42. The first-order chi connectivity index (χ1) is 15.3. The van der Waals surface area contributed by atoms with Gasteiger partial charge in [-0.2, -0.15) is 5.10 Å². The second-order valence-corrected chi connectivity index (χ2v) is 7.76. The summed E-state index contributed by atoms with van der Waals surface area (Å²) in [6.45, 7) is 2.25. The smallest absolute Gasteiger partial charge is 0.207 e. The van der Waals surface area contributed by atoms with Gasteiger partial charge in [-0.05, 0) is 49.2 Å². The van der Waals surface area contributed by atoms with Crippen molar-refractivity contribution in [3.05, 3.63) is 68.9 Å². The van der Waals surface area contributed by atoms with E-state index in [0.717, 1.165) is 12.0 Å². The highest BCUT2D eigenvalue weighted by molar-refractivity contribution is 6.42. The van der Waals surface area contributed by atoms with Gasteiger partial charge in [-0.15, -0.1) is 0 Å². The zero-order valence-electron chi connectivity index (χ0n) is 17.8. The third-order valence-corrected chi connectivity index (χ3v) is 5.54. The summed E-state index contributed by atoms with van der Waals surface area (Å²) in [6, 6.07) is 10.8. The van der Waals surface area contributed by atoms with Crippen LogP contribution < -0.4 is 14.8 Å². The molecule has 32 heavy (non-hydrogen) atoms. The molecule has 1 heterocycles. The van der Waals surface area contributed by atoms with Crippen LogP contribution in [-0.4, -0.2) is 42.1 Å². The maximum absolute atomic E-state index is 10.1. The molecule has 2 aromatic carbocycles. The minimum absolute atomic E-state index is 0.360. The summed E-state index contributed by atoms with van der Waals surface area (Å²) >= 11 is 17.9. The molecular weight excluding hydrogens is 477 g/mol. The van der Waals surface area contributed by atoms with E-state index in [4.69, 9.17) is 44.3 Å². The molecule has 0 radical (unpaired) electrons. The lowest BCUT2D eigenvalue weighted by atomic mass is 10.1. The van der Waals surface area contributed by atoms with Crippen LogP contribution in [0.2, 0.25) is 15.2 Å². The Kier molecular flexibility index (Phi) is 10.1. The number of rotatable bonds is 8. The van der Waals surface area contributed by atoms with Crippen LogP contribution in [0, 0.1) is 0 Å². The number of hydrogen-bond acceptors (Lipinski definition) is 5. The minimum atomic E-state index is -0.668. The molecule has 1 unspecified atom stereocenters. The molecule has 0 bridgehead atoms. The highest BCUT2D eigenvalue weighted by Gasteiger charge is 2.14. The second kappa shape index (κ2) is 12.6. The normalized spacial score (nSPS) is 11.2. The summed E-state index contributed by atoms with van der Waals surface area (Å²) in [5, 5.41) is 17.4. The molecule has 1 atom stereocenters. The fourth-order valence-electron chi connectivity index (χ4n) is 2.73. The van der Waals surface area contributed by atoms with Crippen molar-refractivity contribution >= 4 is 41.2 Å². The molecule has 3 rings (SSSR count). The number of carbonyl (C=O) groups is 1. The number of nitrogens with zero attached hydrogens (tertiary/aromatic N) is 2. The number of benzene rings is 2. The van der Waals surface area contributed by atoms with Crippen LogP contribution in [0.15, 0.2) is 42.6 Å². The first-order valence-corrected chi connectivity index (χ1v) is 10.7. The standard InChI is InChI=1S/C11H9Cl3N2O.C11H15NO3/c1-6(17)8-5-15-16(11(8)14)7-2-3-9(12)10(13)4-7;1-14-10-4-3-9(5-6-12-8-13)7-11(10)15-2/h2-6,17H,1H3;3-4,7-8H,5-6H2,1-2H3,(H,12,13). The maximum atomic E-state index is 10.1. The summed E-state index contributed by atoms with van der Waals surface area (Å²) in [5.74, 6) is 1.42. The number of carbonyl (C=O) groups excluding carboxylic acids is 1. The first kappa shape index (κ1) is 25.8. The zero-order valence-corrected chi connectivity index (χ0v) is 20.1.